The fraction of sp³-hybridized carbons (Fsp3) is 0. The Morgan fingerprint density at radius 3 is 2.63 bits per heavy atom. The fourth-order valence-electron chi connectivity index (χ4n) is 2.86. The van der Waals surface area contributed by atoms with E-state index in [0.717, 1.165) is 26.9 Å². The van der Waals surface area contributed by atoms with Crippen LogP contribution in [0.1, 0.15) is 5.82 Å². The van der Waals surface area contributed by atoms with Crippen LogP contribution in [0.3, 0.4) is 0 Å². The van der Waals surface area contributed by atoms with Crippen molar-refractivity contribution >= 4 is 32.9 Å². The maximum absolute atomic E-state index is 9.09. The minimum absolute atomic E-state index is 0.107. The lowest BCUT2D eigenvalue weighted by Gasteiger charge is -2.07. The molecule has 0 saturated carbocycles. The smallest absolute Gasteiger partial charge is 0.217 e. The lowest BCUT2D eigenvalue weighted by atomic mass is 10.1. The predicted octanol–water partition coefficient (Wildman–Crippen LogP) is 4.54. The highest BCUT2D eigenvalue weighted by molar-refractivity contribution is 7.17. The van der Waals surface area contributed by atoms with E-state index in [9.17, 15) is 0 Å². The van der Waals surface area contributed by atoms with Crippen molar-refractivity contribution in [2.24, 2.45) is 0 Å². The van der Waals surface area contributed by atoms with E-state index in [1.54, 1.807) is 27.4 Å². The van der Waals surface area contributed by atoms with Gasteiger partial charge in [0.2, 0.25) is 0 Å². The van der Waals surface area contributed by atoms with Crippen molar-refractivity contribution in [2.45, 2.75) is 0 Å². The molecule has 0 aliphatic heterocycles. The molecule has 4 heterocycles. The van der Waals surface area contributed by atoms with Gasteiger partial charge in [-0.25, -0.2) is 19.6 Å². The van der Waals surface area contributed by atoms with Crippen LogP contribution in [-0.2, 0) is 0 Å². The van der Waals surface area contributed by atoms with Gasteiger partial charge in [-0.3, -0.25) is 0 Å². The van der Waals surface area contributed by atoms with E-state index in [2.05, 4.69) is 27.6 Å². The number of nitriles is 1. The van der Waals surface area contributed by atoms with Gasteiger partial charge in [0.15, 0.2) is 11.6 Å². The Morgan fingerprint density at radius 1 is 1.00 bits per heavy atom. The van der Waals surface area contributed by atoms with E-state index < -0.39 is 0 Å². The molecule has 0 amide bonds. The first-order chi connectivity index (χ1) is 13.3. The molecule has 0 atom stereocenters. The van der Waals surface area contributed by atoms with Gasteiger partial charge in [0.1, 0.15) is 17.2 Å². The molecule has 0 N–H and O–H groups in total. The molecule has 0 unspecified atom stereocenters. The lowest BCUT2D eigenvalue weighted by Crippen LogP contribution is -2.02. The summed E-state index contributed by atoms with van der Waals surface area (Å²) in [6.07, 6.45) is 1.52. The Hall–Kier alpha value is -3.41. The molecule has 0 radical (unpaired) electrons. The maximum Gasteiger partial charge on any atom is 0.252 e. The highest BCUT2D eigenvalue weighted by atomic mass is 32.1. The number of hydrogen-bond donors (Lipinski definition) is 0. The molecule has 0 aliphatic carbocycles. The molecular weight excluding hydrogens is 376 g/mol. The molecule has 0 bridgehead atoms. The summed E-state index contributed by atoms with van der Waals surface area (Å²) in [5.41, 5.74) is 3.08. The van der Waals surface area contributed by atoms with Crippen LogP contribution in [0.15, 0.2) is 58.9 Å². The number of rotatable bonds is 3. The van der Waals surface area contributed by atoms with E-state index in [1.165, 1.54) is 6.33 Å². The van der Waals surface area contributed by atoms with Crippen molar-refractivity contribution in [3.05, 3.63) is 64.7 Å². The van der Waals surface area contributed by atoms with Crippen molar-refractivity contribution in [2.75, 3.05) is 0 Å². The number of nitrogens with zero attached hydrogens (tertiary/aromatic N) is 6. The summed E-state index contributed by atoms with van der Waals surface area (Å²) in [6.45, 7) is 0. The molecule has 4 aromatic heterocycles. The number of aromatic nitrogens is 5. The van der Waals surface area contributed by atoms with Crippen molar-refractivity contribution in [1.29, 1.82) is 5.26 Å². The summed E-state index contributed by atoms with van der Waals surface area (Å²) >= 11 is 3.16. The molecular formula is C19H10N6S2. The number of hydrogen-bond acceptors (Lipinski definition) is 7. The van der Waals surface area contributed by atoms with Gasteiger partial charge in [-0.05, 0) is 17.0 Å². The van der Waals surface area contributed by atoms with Crippen molar-refractivity contribution in [1.82, 2.24) is 24.7 Å². The van der Waals surface area contributed by atoms with Crippen molar-refractivity contribution < 1.29 is 0 Å². The van der Waals surface area contributed by atoms with Gasteiger partial charge in [0.25, 0.3) is 5.82 Å². The Labute approximate surface area is 162 Å². The van der Waals surface area contributed by atoms with E-state index in [1.807, 2.05) is 41.1 Å². The van der Waals surface area contributed by atoms with Crippen LogP contribution in [0.2, 0.25) is 0 Å². The fourth-order valence-corrected chi connectivity index (χ4v) is 4.43. The third-order valence-electron chi connectivity index (χ3n) is 4.09. The minimum Gasteiger partial charge on any atom is -0.217 e. The van der Waals surface area contributed by atoms with Gasteiger partial charge in [-0.15, -0.1) is 16.4 Å². The molecule has 128 valence electrons. The van der Waals surface area contributed by atoms with Gasteiger partial charge >= 0.3 is 0 Å². The van der Waals surface area contributed by atoms with Crippen molar-refractivity contribution in [3.8, 4) is 34.4 Å². The summed E-state index contributed by atoms with van der Waals surface area (Å²) in [7, 11) is 0. The van der Waals surface area contributed by atoms with E-state index >= 15 is 0 Å². The highest BCUT2D eigenvalue weighted by Gasteiger charge is 2.18. The number of fused-ring (bicyclic) bond motifs is 1. The topological polar surface area (TPSA) is 80.3 Å². The van der Waals surface area contributed by atoms with Gasteiger partial charge in [0.05, 0.1) is 5.39 Å². The summed E-state index contributed by atoms with van der Waals surface area (Å²) in [6, 6.07) is 14.1. The quantitative estimate of drug-likeness (QED) is 0.455. The lowest BCUT2D eigenvalue weighted by molar-refractivity contribution is 0.847. The molecule has 0 spiro atoms. The van der Waals surface area contributed by atoms with Crippen LogP contribution < -0.4 is 0 Å². The summed E-state index contributed by atoms with van der Waals surface area (Å²) < 4.78 is 1.55. The highest BCUT2D eigenvalue weighted by Crippen LogP contribution is 2.37. The molecule has 1 aromatic carbocycles. The largest absolute Gasteiger partial charge is 0.252 e. The Bertz CT molecular complexity index is 1280. The minimum atomic E-state index is 0.107. The predicted molar refractivity (Wildman–Crippen MR) is 106 cm³/mol. The first kappa shape index (κ1) is 15.8. The zero-order valence-corrected chi connectivity index (χ0v) is 15.4. The van der Waals surface area contributed by atoms with Crippen LogP contribution in [0, 0.1) is 11.3 Å². The molecule has 0 aliphatic rings. The van der Waals surface area contributed by atoms with E-state index in [-0.39, 0.29) is 5.82 Å². The van der Waals surface area contributed by atoms with Crippen LogP contribution >= 0.6 is 22.7 Å². The average Bonchev–Trinajstić information content (AvgIpc) is 3.48. The second-order valence-electron chi connectivity index (χ2n) is 5.70. The number of benzene rings is 1. The zero-order chi connectivity index (χ0) is 18.2. The standard InChI is InChI=1S/C19H10N6S2/c20-8-15-21-11-25(24-15)18-16-14(12-4-2-1-3-5-12)10-27-19(16)23-17(22-18)13-6-7-26-9-13/h1-7,9-11H. The second kappa shape index (κ2) is 6.39. The van der Waals surface area contributed by atoms with Gasteiger partial charge in [-0.1, -0.05) is 30.3 Å². The zero-order valence-electron chi connectivity index (χ0n) is 13.8. The van der Waals surface area contributed by atoms with Gasteiger partial charge in [-0.2, -0.15) is 16.6 Å². The van der Waals surface area contributed by atoms with E-state index in [0.29, 0.717) is 11.6 Å². The average molecular weight is 386 g/mol. The van der Waals surface area contributed by atoms with Crippen LogP contribution in [-0.4, -0.2) is 24.7 Å². The first-order valence-corrected chi connectivity index (χ1v) is 9.85. The molecule has 6 nitrogen and oxygen atoms in total. The molecule has 5 aromatic rings. The van der Waals surface area contributed by atoms with Gasteiger partial charge < -0.3 is 0 Å². The molecule has 8 heteroatoms. The van der Waals surface area contributed by atoms with E-state index in [4.69, 9.17) is 15.2 Å². The number of thiophene rings is 2. The molecule has 27 heavy (non-hydrogen) atoms. The Morgan fingerprint density at radius 2 is 1.89 bits per heavy atom. The SMILES string of the molecule is N#Cc1ncn(-c2nc(-c3ccsc3)nc3scc(-c4ccccc4)c23)n1. The normalized spacial score (nSPS) is 10.9. The summed E-state index contributed by atoms with van der Waals surface area (Å²) in [4.78, 5) is 14.4. The third kappa shape index (κ3) is 2.70. The Kier molecular flexibility index (Phi) is 3.74. The maximum atomic E-state index is 9.09. The first-order valence-electron chi connectivity index (χ1n) is 8.03. The van der Waals surface area contributed by atoms with Crippen LogP contribution in [0.4, 0.5) is 0 Å². The third-order valence-corrected chi connectivity index (χ3v) is 5.64. The summed E-state index contributed by atoms with van der Waals surface area (Å²) in [5.74, 6) is 1.36. The molecule has 0 fully saturated rings. The molecule has 0 saturated heterocycles. The van der Waals surface area contributed by atoms with Crippen LogP contribution in [0.25, 0.3) is 38.5 Å². The monoisotopic (exact) mass is 386 g/mol. The second-order valence-corrected chi connectivity index (χ2v) is 7.34. The molecule has 5 rings (SSSR count). The van der Waals surface area contributed by atoms with Gasteiger partial charge in [0, 0.05) is 21.9 Å². The summed E-state index contributed by atoms with van der Waals surface area (Å²) in [5, 5.41) is 20.3. The Balaban J connectivity index is 1.82. The van der Waals surface area contributed by atoms with Crippen LogP contribution in [0.5, 0.6) is 0 Å². The van der Waals surface area contributed by atoms with Crippen molar-refractivity contribution in [3.63, 3.8) is 0 Å².